The molecule has 21 heavy (non-hydrogen) atoms. The molecule has 1 heterocycles. The molecule has 114 valence electrons. The smallest absolute Gasteiger partial charge is 0.171 e. The molecular weight excluding hydrogens is 272 g/mol. The molecule has 1 unspecified atom stereocenters. The molecule has 0 saturated heterocycles. The lowest BCUT2D eigenvalue weighted by Gasteiger charge is -2.13. The van der Waals surface area contributed by atoms with Gasteiger partial charge in [-0.25, -0.2) is 4.98 Å². The summed E-state index contributed by atoms with van der Waals surface area (Å²) in [7, 11) is 3.20. The average molecular weight is 292 g/mol. The predicted molar refractivity (Wildman–Crippen MR) is 77.3 cm³/mol. The zero-order valence-corrected chi connectivity index (χ0v) is 12.4. The Balaban J connectivity index is 2.24. The number of ether oxygens (including phenoxy) is 3. The van der Waals surface area contributed by atoms with Gasteiger partial charge in [-0.15, -0.1) is 0 Å². The van der Waals surface area contributed by atoms with Crippen LogP contribution in [0.25, 0.3) is 0 Å². The van der Waals surface area contributed by atoms with Crippen molar-refractivity contribution < 1.29 is 14.2 Å². The van der Waals surface area contributed by atoms with Crippen molar-refractivity contribution in [2.24, 2.45) is 5.73 Å². The van der Waals surface area contributed by atoms with Crippen LogP contribution in [0.2, 0.25) is 0 Å². The molecule has 0 aliphatic carbocycles. The summed E-state index contributed by atoms with van der Waals surface area (Å²) in [5, 5.41) is 6.91. The minimum atomic E-state index is -0.447. The Morgan fingerprint density at radius 3 is 2.76 bits per heavy atom. The van der Waals surface area contributed by atoms with E-state index in [0.29, 0.717) is 36.4 Å². The largest absolute Gasteiger partial charge is 0.493 e. The molecule has 7 heteroatoms. The molecule has 7 nitrogen and oxygen atoms in total. The van der Waals surface area contributed by atoms with Crippen LogP contribution in [-0.2, 0) is 11.3 Å². The Labute approximate surface area is 123 Å². The molecule has 1 aromatic heterocycles. The number of methoxy groups -OCH3 is 2. The van der Waals surface area contributed by atoms with Crippen LogP contribution >= 0.6 is 0 Å². The van der Waals surface area contributed by atoms with Gasteiger partial charge in [-0.1, -0.05) is 6.07 Å². The molecule has 0 bridgehead atoms. The van der Waals surface area contributed by atoms with E-state index in [-0.39, 0.29) is 0 Å². The second-order valence-corrected chi connectivity index (χ2v) is 4.39. The minimum Gasteiger partial charge on any atom is -0.493 e. The van der Waals surface area contributed by atoms with E-state index < -0.39 is 6.04 Å². The zero-order valence-electron chi connectivity index (χ0n) is 12.4. The van der Waals surface area contributed by atoms with E-state index >= 15 is 0 Å². The zero-order chi connectivity index (χ0) is 15.2. The van der Waals surface area contributed by atoms with E-state index in [1.165, 1.54) is 0 Å². The fraction of sp³-hybridized carbons (Fsp3) is 0.429. The number of nitrogens with two attached hydrogens (primary N) is 1. The molecule has 1 aromatic carbocycles. The van der Waals surface area contributed by atoms with Crippen LogP contribution in [0.15, 0.2) is 18.2 Å². The van der Waals surface area contributed by atoms with E-state index in [2.05, 4.69) is 15.2 Å². The molecule has 0 fully saturated rings. The van der Waals surface area contributed by atoms with Gasteiger partial charge in [0.15, 0.2) is 23.1 Å². The Hall–Kier alpha value is -2.12. The summed E-state index contributed by atoms with van der Waals surface area (Å²) >= 11 is 0. The van der Waals surface area contributed by atoms with E-state index in [4.69, 9.17) is 19.9 Å². The summed E-state index contributed by atoms with van der Waals surface area (Å²) in [6.45, 7) is 2.83. The van der Waals surface area contributed by atoms with Crippen LogP contribution in [-0.4, -0.2) is 36.0 Å². The Bertz CT molecular complexity index is 585. The highest BCUT2D eigenvalue weighted by Crippen LogP contribution is 2.30. The van der Waals surface area contributed by atoms with Gasteiger partial charge in [-0.3, -0.25) is 5.10 Å². The third kappa shape index (κ3) is 3.50. The van der Waals surface area contributed by atoms with Crippen molar-refractivity contribution in [3.05, 3.63) is 35.4 Å². The number of nitrogens with one attached hydrogen (secondary N) is 1. The van der Waals surface area contributed by atoms with Crippen LogP contribution in [0, 0.1) is 0 Å². The molecule has 0 saturated carbocycles. The van der Waals surface area contributed by atoms with Crippen molar-refractivity contribution in [2.45, 2.75) is 19.6 Å². The first-order valence-electron chi connectivity index (χ1n) is 6.66. The van der Waals surface area contributed by atoms with Crippen molar-refractivity contribution in [3.8, 4) is 11.5 Å². The number of H-pyrrole nitrogens is 1. The maximum atomic E-state index is 6.20. The van der Waals surface area contributed by atoms with Gasteiger partial charge in [-0.2, -0.15) is 5.10 Å². The fourth-order valence-electron chi connectivity index (χ4n) is 1.95. The number of aromatic nitrogens is 3. The summed E-state index contributed by atoms with van der Waals surface area (Å²) in [4.78, 5) is 4.31. The van der Waals surface area contributed by atoms with Crippen LogP contribution in [0.1, 0.15) is 30.2 Å². The molecule has 0 spiro atoms. The predicted octanol–water partition coefficient (Wildman–Crippen LogP) is 1.41. The molecule has 0 aliphatic rings. The Morgan fingerprint density at radius 2 is 2.10 bits per heavy atom. The Morgan fingerprint density at radius 1 is 1.29 bits per heavy atom. The van der Waals surface area contributed by atoms with Crippen LogP contribution in [0.3, 0.4) is 0 Å². The Kier molecular flexibility index (Phi) is 5.13. The number of rotatable bonds is 7. The molecule has 0 amide bonds. The summed E-state index contributed by atoms with van der Waals surface area (Å²) in [5.74, 6) is 2.47. The van der Waals surface area contributed by atoms with Crippen molar-refractivity contribution in [1.29, 1.82) is 0 Å². The van der Waals surface area contributed by atoms with Gasteiger partial charge in [0.2, 0.25) is 0 Å². The van der Waals surface area contributed by atoms with E-state index in [1.54, 1.807) is 14.2 Å². The molecule has 1 atom stereocenters. The molecule has 0 aliphatic heterocycles. The van der Waals surface area contributed by atoms with Gasteiger partial charge in [0.1, 0.15) is 6.61 Å². The van der Waals surface area contributed by atoms with E-state index in [1.807, 2.05) is 25.1 Å². The van der Waals surface area contributed by atoms with E-state index in [0.717, 1.165) is 5.56 Å². The lowest BCUT2D eigenvalue weighted by molar-refractivity contribution is 0.178. The number of hydrogen-bond donors (Lipinski definition) is 2. The first-order chi connectivity index (χ1) is 10.2. The van der Waals surface area contributed by atoms with Crippen molar-refractivity contribution in [2.75, 3.05) is 20.8 Å². The standard InChI is InChI=1S/C14H20N4O3/c1-4-21-11-7-9(5-6-10(11)20-3)13(15)14-16-12(8-19-2)17-18-14/h5-7,13H,4,8,15H2,1-3H3,(H,16,17,18). The lowest BCUT2D eigenvalue weighted by atomic mass is 10.1. The number of nitrogens with zero attached hydrogens (tertiary/aromatic N) is 2. The third-order valence-electron chi connectivity index (χ3n) is 2.95. The monoisotopic (exact) mass is 292 g/mol. The maximum absolute atomic E-state index is 6.20. The van der Waals surface area contributed by atoms with Gasteiger partial charge in [0.05, 0.1) is 19.8 Å². The summed E-state index contributed by atoms with van der Waals surface area (Å²) in [6.07, 6.45) is 0. The molecule has 2 aromatic rings. The minimum absolute atomic E-state index is 0.368. The maximum Gasteiger partial charge on any atom is 0.171 e. The normalized spacial score (nSPS) is 12.2. The molecular formula is C14H20N4O3. The van der Waals surface area contributed by atoms with Crippen molar-refractivity contribution in [3.63, 3.8) is 0 Å². The first-order valence-corrected chi connectivity index (χ1v) is 6.66. The summed E-state index contributed by atoms with van der Waals surface area (Å²) in [5.41, 5.74) is 7.05. The molecule has 3 N–H and O–H groups in total. The fourth-order valence-corrected chi connectivity index (χ4v) is 1.95. The molecule has 0 radical (unpaired) electrons. The lowest BCUT2D eigenvalue weighted by Crippen LogP contribution is -2.14. The quantitative estimate of drug-likeness (QED) is 0.801. The van der Waals surface area contributed by atoms with Crippen LogP contribution in [0.5, 0.6) is 11.5 Å². The third-order valence-corrected chi connectivity index (χ3v) is 2.95. The summed E-state index contributed by atoms with van der Waals surface area (Å²) < 4.78 is 15.8. The highest BCUT2D eigenvalue weighted by molar-refractivity contribution is 5.44. The van der Waals surface area contributed by atoms with Gasteiger partial charge in [-0.05, 0) is 24.6 Å². The van der Waals surface area contributed by atoms with Gasteiger partial charge < -0.3 is 19.9 Å². The van der Waals surface area contributed by atoms with Gasteiger partial charge in [0, 0.05) is 7.11 Å². The highest BCUT2D eigenvalue weighted by atomic mass is 16.5. The average Bonchev–Trinajstić information content (AvgIpc) is 2.96. The van der Waals surface area contributed by atoms with Gasteiger partial charge in [0.25, 0.3) is 0 Å². The SMILES string of the molecule is CCOc1cc(C(N)c2n[nH]c(COC)n2)ccc1OC. The topological polar surface area (TPSA) is 95.3 Å². The second-order valence-electron chi connectivity index (χ2n) is 4.39. The highest BCUT2D eigenvalue weighted by Gasteiger charge is 2.17. The first kappa shape index (κ1) is 15.3. The number of hydrogen-bond acceptors (Lipinski definition) is 6. The van der Waals surface area contributed by atoms with Crippen molar-refractivity contribution in [1.82, 2.24) is 15.2 Å². The number of benzene rings is 1. The number of aromatic amines is 1. The molecule has 2 rings (SSSR count). The van der Waals surface area contributed by atoms with Gasteiger partial charge >= 0.3 is 0 Å². The van der Waals surface area contributed by atoms with Crippen molar-refractivity contribution >= 4 is 0 Å². The van der Waals surface area contributed by atoms with Crippen LogP contribution in [0.4, 0.5) is 0 Å². The van der Waals surface area contributed by atoms with E-state index in [9.17, 15) is 0 Å². The van der Waals surface area contributed by atoms with Crippen LogP contribution < -0.4 is 15.2 Å². The summed E-state index contributed by atoms with van der Waals surface area (Å²) in [6, 6.07) is 5.10. The second kappa shape index (κ2) is 7.05.